The van der Waals surface area contributed by atoms with Gasteiger partial charge >= 0.3 is 0 Å². The summed E-state index contributed by atoms with van der Waals surface area (Å²) in [5.74, 6) is 0. The summed E-state index contributed by atoms with van der Waals surface area (Å²) in [6.45, 7) is 4.93. The van der Waals surface area contributed by atoms with E-state index in [4.69, 9.17) is 0 Å². The number of halogens is 1. The van der Waals surface area contributed by atoms with Crippen LogP contribution in [-0.4, -0.2) is 20.5 Å². The van der Waals surface area contributed by atoms with Gasteiger partial charge in [0, 0.05) is 13.0 Å². The highest BCUT2D eigenvalue weighted by Gasteiger charge is 2.36. The first kappa shape index (κ1) is 11.1. The lowest BCUT2D eigenvalue weighted by molar-refractivity contribution is -0.0339. The van der Waals surface area contributed by atoms with Crippen molar-refractivity contribution in [2.75, 3.05) is 0 Å². The standard InChI is InChI=1S/C11H17BrN2O/c1-3-14-9(10(12)8(2)13-14)7-11(15)5-4-6-11/h15H,3-7H2,1-2H3. The minimum absolute atomic E-state index is 0.470. The van der Waals surface area contributed by atoms with Crippen LogP contribution in [0.2, 0.25) is 0 Å². The summed E-state index contributed by atoms with van der Waals surface area (Å²) < 4.78 is 3.04. The van der Waals surface area contributed by atoms with Crippen molar-refractivity contribution in [1.29, 1.82) is 0 Å². The molecule has 1 aromatic rings. The monoisotopic (exact) mass is 272 g/mol. The maximum Gasteiger partial charge on any atom is 0.0738 e. The summed E-state index contributed by atoms with van der Waals surface area (Å²) in [7, 11) is 0. The first-order chi connectivity index (χ1) is 7.06. The molecule has 0 amide bonds. The van der Waals surface area contributed by atoms with Crippen molar-refractivity contribution in [3.63, 3.8) is 0 Å². The Kier molecular flexibility index (Phi) is 2.90. The first-order valence-electron chi connectivity index (χ1n) is 5.50. The predicted octanol–water partition coefficient (Wildman–Crippen LogP) is 2.43. The lowest BCUT2D eigenvalue weighted by Crippen LogP contribution is -2.39. The molecular weight excluding hydrogens is 256 g/mol. The van der Waals surface area contributed by atoms with Gasteiger partial charge in [-0.25, -0.2) is 0 Å². The third-order valence-corrected chi connectivity index (χ3v) is 4.27. The van der Waals surface area contributed by atoms with Crippen molar-refractivity contribution in [1.82, 2.24) is 9.78 Å². The molecule has 1 saturated carbocycles. The SMILES string of the molecule is CCn1nc(C)c(Br)c1CC1(O)CCC1. The molecule has 0 atom stereocenters. The number of aliphatic hydroxyl groups is 1. The molecule has 0 aliphatic heterocycles. The van der Waals surface area contributed by atoms with E-state index in [2.05, 4.69) is 28.0 Å². The molecule has 0 bridgehead atoms. The van der Waals surface area contributed by atoms with E-state index in [0.29, 0.717) is 0 Å². The van der Waals surface area contributed by atoms with Crippen molar-refractivity contribution in [3.8, 4) is 0 Å². The zero-order valence-electron chi connectivity index (χ0n) is 9.26. The lowest BCUT2D eigenvalue weighted by atomic mass is 9.77. The predicted molar refractivity (Wildman–Crippen MR) is 62.8 cm³/mol. The number of hydrogen-bond acceptors (Lipinski definition) is 2. The quantitative estimate of drug-likeness (QED) is 0.918. The smallest absolute Gasteiger partial charge is 0.0738 e. The van der Waals surface area contributed by atoms with Gasteiger partial charge in [-0.05, 0) is 49.0 Å². The second kappa shape index (κ2) is 3.91. The largest absolute Gasteiger partial charge is 0.389 e. The minimum atomic E-state index is -0.470. The average Bonchev–Trinajstić information content (AvgIpc) is 2.43. The van der Waals surface area contributed by atoms with Crippen LogP contribution in [0.3, 0.4) is 0 Å². The van der Waals surface area contributed by atoms with Gasteiger partial charge in [0.25, 0.3) is 0 Å². The second-order valence-electron chi connectivity index (χ2n) is 4.42. The number of aryl methyl sites for hydroxylation is 2. The Labute approximate surface area is 98.6 Å². The molecule has 2 rings (SSSR count). The normalized spacial score (nSPS) is 18.9. The first-order valence-corrected chi connectivity index (χ1v) is 6.29. The molecule has 0 spiro atoms. The Morgan fingerprint density at radius 1 is 1.53 bits per heavy atom. The maximum atomic E-state index is 10.2. The molecule has 1 heterocycles. The molecule has 0 saturated heterocycles. The molecule has 1 aliphatic rings. The van der Waals surface area contributed by atoms with Gasteiger partial charge in [-0.2, -0.15) is 5.10 Å². The van der Waals surface area contributed by atoms with Crippen LogP contribution in [-0.2, 0) is 13.0 Å². The Morgan fingerprint density at radius 3 is 2.67 bits per heavy atom. The molecule has 1 aromatic heterocycles. The highest BCUT2D eigenvalue weighted by molar-refractivity contribution is 9.10. The summed E-state index contributed by atoms with van der Waals surface area (Å²) in [6, 6.07) is 0. The molecule has 15 heavy (non-hydrogen) atoms. The van der Waals surface area contributed by atoms with Gasteiger partial charge in [0.05, 0.1) is 21.5 Å². The molecule has 4 heteroatoms. The Bertz CT molecular complexity index is 369. The van der Waals surface area contributed by atoms with Crippen molar-refractivity contribution in [2.24, 2.45) is 0 Å². The fourth-order valence-electron chi connectivity index (χ4n) is 2.11. The van der Waals surface area contributed by atoms with Gasteiger partial charge in [-0.1, -0.05) is 0 Å². The van der Waals surface area contributed by atoms with Crippen LogP contribution in [0, 0.1) is 6.92 Å². The van der Waals surface area contributed by atoms with E-state index in [-0.39, 0.29) is 0 Å². The third kappa shape index (κ3) is 1.97. The van der Waals surface area contributed by atoms with E-state index in [9.17, 15) is 5.11 Å². The lowest BCUT2D eigenvalue weighted by Gasteiger charge is -2.36. The summed E-state index contributed by atoms with van der Waals surface area (Å²) in [5.41, 5.74) is 1.68. The van der Waals surface area contributed by atoms with Crippen LogP contribution in [0.5, 0.6) is 0 Å². The highest BCUT2D eigenvalue weighted by Crippen LogP contribution is 2.36. The summed E-state index contributed by atoms with van der Waals surface area (Å²) in [5, 5.41) is 14.6. The van der Waals surface area contributed by atoms with Gasteiger partial charge in [0.15, 0.2) is 0 Å². The van der Waals surface area contributed by atoms with E-state index < -0.39 is 5.60 Å². The van der Waals surface area contributed by atoms with E-state index in [0.717, 1.165) is 48.1 Å². The number of nitrogens with zero attached hydrogens (tertiary/aromatic N) is 2. The van der Waals surface area contributed by atoms with Crippen molar-refractivity contribution in [3.05, 3.63) is 15.9 Å². The molecule has 0 aromatic carbocycles. The molecule has 84 valence electrons. The summed E-state index contributed by atoms with van der Waals surface area (Å²) in [4.78, 5) is 0. The van der Waals surface area contributed by atoms with E-state index in [1.54, 1.807) is 0 Å². The fourth-order valence-corrected chi connectivity index (χ4v) is 2.54. The molecular formula is C11H17BrN2O. The minimum Gasteiger partial charge on any atom is -0.389 e. The van der Waals surface area contributed by atoms with Crippen molar-refractivity contribution in [2.45, 2.75) is 51.7 Å². The third-order valence-electron chi connectivity index (χ3n) is 3.23. The topological polar surface area (TPSA) is 38.0 Å². The Morgan fingerprint density at radius 2 is 2.20 bits per heavy atom. The average molecular weight is 273 g/mol. The second-order valence-corrected chi connectivity index (χ2v) is 5.21. The van der Waals surface area contributed by atoms with Gasteiger partial charge in [0.1, 0.15) is 0 Å². The zero-order valence-corrected chi connectivity index (χ0v) is 10.8. The Hall–Kier alpha value is -0.350. The summed E-state index contributed by atoms with van der Waals surface area (Å²) >= 11 is 3.55. The molecule has 1 fully saturated rings. The summed E-state index contributed by atoms with van der Waals surface area (Å²) in [6.07, 6.45) is 3.72. The van der Waals surface area contributed by atoms with Crippen LogP contribution >= 0.6 is 15.9 Å². The highest BCUT2D eigenvalue weighted by atomic mass is 79.9. The van der Waals surface area contributed by atoms with Crippen LogP contribution < -0.4 is 0 Å². The fraction of sp³-hybridized carbons (Fsp3) is 0.727. The van der Waals surface area contributed by atoms with Crippen LogP contribution in [0.4, 0.5) is 0 Å². The van der Waals surface area contributed by atoms with Gasteiger partial charge in [-0.3, -0.25) is 4.68 Å². The van der Waals surface area contributed by atoms with Gasteiger partial charge in [0.2, 0.25) is 0 Å². The van der Waals surface area contributed by atoms with Crippen LogP contribution in [0.15, 0.2) is 4.47 Å². The number of hydrogen-bond donors (Lipinski definition) is 1. The number of rotatable bonds is 3. The van der Waals surface area contributed by atoms with Gasteiger partial charge < -0.3 is 5.11 Å². The van der Waals surface area contributed by atoms with Crippen LogP contribution in [0.1, 0.15) is 37.6 Å². The maximum absolute atomic E-state index is 10.2. The van der Waals surface area contributed by atoms with E-state index >= 15 is 0 Å². The molecule has 1 aliphatic carbocycles. The zero-order chi connectivity index (χ0) is 11.1. The molecule has 3 nitrogen and oxygen atoms in total. The van der Waals surface area contributed by atoms with Crippen molar-refractivity contribution >= 4 is 15.9 Å². The molecule has 1 N–H and O–H groups in total. The Balaban J connectivity index is 2.26. The molecule has 0 radical (unpaired) electrons. The van der Waals surface area contributed by atoms with E-state index in [1.165, 1.54) is 0 Å². The van der Waals surface area contributed by atoms with Crippen molar-refractivity contribution < 1.29 is 5.11 Å². The van der Waals surface area contributed by atoms with E-state index in [1.807, 2.05) is 11.6 Å². The number of aromatic nitrogens is 2. The van der Waals surface area contributed by atoms with Crippen LogP contribution in [0.25, 0.3) is 0 Å². The molecule has 0 unspecified atom stereocenters. The van der Waals surface area contributed by atoms with Gasteiger partial charge in [-0.15, -0.1) is 0 Å².